The third-order valence-electron chi connectivity index (χ3n) is 4.14. The van der Waals surface area contributed by atoms with Crippen LogP contribution in [0.3, 0.4) is 0 Å². The number of hydrogen-bond donors (Lipinski definition) is 2. The molecular formula is C21H22ClN5O. The van der Waals surface area contributed by atoms with Crippen molar-refractivity contribution < 1.29 is 4.79 Å². The maximum absolute atomic E-state index is 12.2. The van der Waals surface area contributed by atoms with Crippen LogP contribution in [0.5, 0.6) is 0 Å². The SMILES string of the molecule is CN(C)c1ccc(Nc2ccc(C(=O)NCCc3cccc(Cl)c3)nn2)cc1. The Balaban J connectivity index is 1.52. The average molecular weight is 396 g/mol. The van der Waals surface area contributed by atoms with Crippen LogP contribution in [0.1, 0.15) is 16.1 Å². The van der Waals surface area contributed by atoms with Crippen molar-refractivity contribution in [3.63, 3.8) is 0 Å². The predicted octanol–water partition coefficient (Wildman–Crippen LogP) is 3.91. The highest BCUT2D eigenvalue weighted by molar-refractivity contribution is 6.30. The van der Waals surface area contributed by atoms with Crippen molar-refractivity contribution >= 4 is 34.7 Å². The van der Waals surface area contributed by atoms with Gasteiger partial charge in [-0.05, 0) is 60.5 Å². The number of anilines is 3. The van der Waals surface area contributed by atoms with Crippen molar-refractivity contribution in [2.45, 2.75) is 6.42 Å². The zero-order chi connectivity index (χ0) is 19.9. The van der Waals surface area contributed by atoms with E-state index in [2.05, 4.69) is 20.8 Å². The highest BCUT2D eigenvalue weighted by Gasteiger charge is 2.08. The largest absolute Gasteiger partial charge is 0.378 e. The molecule has 2 N–H and O–H groups in total. The Bertz CT molecular complexity index is 926. The molecule has 2 aromatic carbocycles. The van der Waals surface area contributed by atoms with E-state index in [0.29, 0.717) is 23.8 Å². The van der Waals surface area contributed by atoms with E-state index in [-0.39, 0.29) is 11.6 Å². The van der Waals surface area contributed by atoms with Gasteiger partial charge < -0.3 is 15.5 Å². The molecule has 0 bridgehead atoms. The number of nitrogens with zero attached hydrogens (tertiary/aromatic N) is 3. The van der Waals surface area contributed by atoms with Crippen LogP contribution in [0.4, 0.5) is 17.2 Å². The van der Waals surface area contributed by atoms with Crippen molar-refractivity contribution in [2.24, 2.45) is 0 Å². The fraction of sp³-hybridized carbons (Fsp3) is 0.190. The van der Waals surface area contributed by atoms with Gasteiger partial charge in [-0.25, -0.2) is 0 Å². The summed E-state index contributed by atoms with van der Waals surface area (Å²) in [7, 11) is 3.99. The first-order valence-corrected chi connectivity index (χ1v) is 9.30. The van der Waals surface area contributed by atoms with E-state index >= 15 is 0 Å². The molecule has 0 radical (unpaired) electrons. The molecule has 0 aliphatic carbocycles. The van der Waals surface area contributed by atoms with Crippen LogP contribution in [-0.2, 0) is 6.42 Å². The van der Waals surface area contributed by atoms with E-state index in [1.165, 1.54) is 0 Å². The van der Waals surface area contributed by atoms with Crippen LogP contribution >= 0.6 is 11.6 Å². The molecule has 0 aliphatic rings. The number of carbonyl (C=O) groups excluding carboxylic acids is 1. The third kappa shape index (κ3) is 5.44. The first-order chi connectivity index (χ1) is 13.5. The van der Waals surface area contributed by atoms with Gasteiger partial charge >= 0.3 is 0 Å². The highest BCUT2D eigenvalue weighted by Crippen LogP contribution is 2.18. The van der Waals surface area contributed by atoms with E-state index in [1.807, 2.05) is 67.5 Å². The molecule has 28 heavy (non-hydrogen) atoms. The number of aromatic nitrogens is 2. The van der Waals surface area contributed by atoms with Gasteiger partial charge in [-0.1, -0.05) is 23.7 Å². The summed E-state index contributed by atoms with van der Waals surface area (Å²) in [6.07, 6.45) is 0.697. The maximum atomic E-state index is 12.2. The van der Waals surface area contributed by atoms with Gasteiger partial charge in [0.05, 0.1) is 0 Å². The van der Waals surface area contributed by atoms with Crippen LogP contribution in [0.15, 0.2) is 60.7 Å². The van der Waals surface area contributed by atoms with E-state index < -0.39 is 0 Å². The van der Waals surface area contributed by atoms with Crippen LogP contribution < -0.4 is 15.5 Å². The molecule has 0 spiro atoms. The Kier molecular flexibility index (Phi) is 6.45. The Labute approximate surface area is 169 Å². The zero-order valence-corrected chi connectivity index (χ0v) is 16.6. The average Bonchev–Trinajstić information content (AvgIpc) is 2.69. The summed E-state index contributed by atoms with van der Waals surface area (Å²) in [5, 5.41) is 14.8. The zero-order valence-electron chi connectivity index (χ0n) is 15.8. The molecule has 0 atom stereocenters. The summed E-state index contributed by atoms with van der Waals surface area (Å²) in [5.41, 5.74) is 3.36. The van der Waals surface area contributed by atoms with Gasteiger partial charge in [0, 0.05) is 37.0 Å². The summed E-state index contributed by atoms with van der Waals surface area (Å²) in [5.74, 6) is 0.324. The lowest BCUT2D eigenvalue weighted by atomic mass is 10.1. The lowest BCUT2D eigenvalue weighted by Crippen LogP contribution is -2.26. The topological polar surface area (TPSA) is 70.2 Å². The molecule has 0 unspecified atom stereocenters. The van der Waals surface area contributed by atoms with Gasteiger partial charge in [0.15, 0.2) is 11.5 Å². The molecule has 0 aliphatic heterocycles. The third-order valence-corrected chi connectivity index (χ3v) is 4.38. The van der Waals surface area contributed by atoms with E-state index in [4.69, 9.17) is 11.6 Å². The number of benzene rings is 2. The first kappa shape index (κ1) is 19.6. The van der Waals surface area contributed by atoms with Gasteiger partial charge in [0.1, 0.15) is 0 Å². The van der Waals surface area contributed by atoms with Crippen molar-refractivity contribution in [1.29, 1.82) is 0 Å². The summed E-state index contributed by atoms with van der Waals surface area (Å²) in [6.45, 7) is 0.499. The number of amides is 1. The van der Waals surface area contributed by atoms with Crippen molar-refractivity contribution in [1.82, 2.24) is 15.5 Å². The lowest BCUT2D eigenvalue weighted by Gasteiger charge is -2.13. The second-order valence-corrected chi connectivity index (χ2v) is 6.94. The van der Waals surface area contributed by atoms with Crippen LogP contribution in [0.25, 0.3) is 0 Å². The Morgan fingerprint density at radius 3 is 2.46 bits per heavy atom. The summed E-state index contributed by atoms with van der Waals surface area (Å²) < 4.78 is 0. The van der Waals surface area contributed by atoms with Crippen molar-refractivity contribution in [3.8, 4) is 0 Å². The number of halogens is 1. The molecular weight excluding hydrogens is 374 g/mol. The minimum absolute atomic E-state index is 0.253. The standard InChI is InChI=1S/C21H22ClN5O/c1-27(2)18-8-6-17(7-9-18)24-20-11-10-19(25-26-20)21(28)23-13-12-15-4-3-5-16(22)14-15/h3-11,14H,12-13H2,1-2H3,(H,23,28)(H,24,26). The second-order valence-electron chi connectivity index (χ2n) is 6.51. The van der Waals surface area contributed by atoms with Crippen LogP contribution in [-0.4, -0.2) is 36.7 Å². The molecule has 0 fully saturated rings. The van der Waals surface area contributed by atoms with E-state index in [9.17, 15) is 4.79 Å². The summed E-state index contributed by atoms with van der Waals surface area (Å²) >= 11 is 5.96. The Hall–Kier alpha value is -3.12. The molecule has 7 heteroatoms. The predicted molar refractivity (Wildman–Crippen MR) is 114 cm³/mol. The maximum Gasteiger partial charge on any atom is 0.271 e. The Morgan fingerprint density at radius 2 is 1.82 bits per heavy atom. The molecule has 6 nitrogen and oxygen atoms in total. The number of hydrogen-bond acceptors (Lipinski definition) is 5. The second kappa shape index (κ2) is 9.19. The summed E-state index contributed by atoms with van der Waals surface area (Å²) in [6, 6.07) is 18.9. The van der Waals surface area contributed by atoms with Gasteiger partial charge in [-0.15, -0.1) is 10.2 Å². The first-order valence-electron chi connectivity index (χ1n) is 8.92. The number of rotatable bonds is 7. The number of carbonyl (C=O) groups is 1. The molecule has 144 valence electrons. The van der Waals surface area contributed by atoms with Gasteiger partial charge in [-0.3, -0.25) is 4.79 Å². The fourth-order valence-corrected chi connectivity index (χ4v) is 2.83. The molecule has 0 saturated heterocycles. The quantitative estimate of drug-likeness (QED) is 0.634. The van der Waals surface area contributed by atoms with E-state index in [1.54, 1.807) is 12.1 Å². The molecule has 3 aromatic rings. The lowest BCUT2D eigenvalue weighted by molar-refractivity contribution is 0.0948. The van der Waals surface area contributed by atoms with Gasteiger partial charge in [0.2, 0.25) is 0 Å². The smallest absolute Gasteiger partial charge is 0.271 e. The van der Waals surface area contributed by atoms with Gasteiger partial charge in [-0.2, -0.15) is 0 Å². The molecule has 3 rings (SSSR count). The Morgan fingerprint density at radius 1 is 1.04 bits per heavy atom. The van der Waals surface area contributed by atoms with Crippen LogP contribution in [0, 0.1) is 0 Å². The monoisotopic (exact) mass is 395 g/mol. The molecule has 1 heterocycles. The highest BCUT2D eigenvalue weighted by atomic mass is 35.5. The fourth-order valence-electron chi connectivity index (χ4n) is 2.61. The molecule has 1 aromatic heterocycles. The van der Waals surface area contributed by atoms with Crippen molar-refractivity contribution in [2.75, 3.05) is 30.9 Å². The van der Waals surface area contributed by atoms with Gasteiger partial charge in [0.25, 0.3) is 5.91 Å². The minimum atomic E-state index is -0.253. The summed E-state index contributed by atoms with van der Waals surface area (Å²) in [4.78, 5) is 14.2. The van der Waals surface area contributed by atoms with Crippen LogP contribution in [0.2, 0.25) is 5.02 Å². The normalized spacial score (nSPS) is 10.4. The van der Waals surface area contributed by atoms with Crippen molar-refractivity contribution in [3.05, 3.63) is 76.9 Å². The molecule has 1 amide bonds. The number of nitrogens with one attached hydrogen (secondary N) is 2. The minimum Gasteiger partial charge on any atom is -0.378 e. The molecule has 0 saturated carbocycles. The van der Waals surface area contributed by atoms with E-state index in [0.717, 1.165) is 16.9 Å².